The summed E-state index contributed by atoms with van der Waals surface area (Å²) in [6.45, 7) is 4.16. The van der Waals surface area contributed by atoms with Crippen molar-refractivity contribution in [2.75, 3.05) is 6.54 Å². The van der Waals surface area contributed by atoms with Crippen molar-refractivity contribution in [1.82, 2.24) is 9.46 Å². The molecule has 0 aliphatic carbocycles. The van der Waals surface area contributed by atoms with E-state index >= 15 is 0 Å². The summed E-state index contributed by atoms with van der Waals surface area (Å²) in [6.07, 6.45) is 1.59. The van der Waals surface area contributed by atoms with Gasteiger partial charge in [-0.3, -0.25) is 0 Å². The lowest BCUT2D eigenvalue weighted by molar-refractivity contribution is 0.376. The van der Waals surface area contributed by atoms with E-state index in [4.69, 9.17) is 16.1 Å². The van der Waals surface area contributed by atoms with E-state index in [2.05, 4.69) is 5.16 Å². The zero-order valence-corrected chi connectivity index (χ0v) is 14.0. The number of aromatic nitrogens is 1. The van der Waals surface area contributed by atoms with Crippen LogP contribution in [-0.4, -0.2) is 24.4 Å². The van der Waals surface area contributed by atoms with E-state index in [1.807, 2.05) is 13.8 Å². The van der Waals surface area contributed by atoms with Gasteiger partial charge < -0.3 is 4.52 Å². The molecule has 0 spiro atoms. The number of halogens is 1. The predicted molar refractivity (Wildman–Crippen MR) is 83.3 cm³/mol. The summed E-state index contributed by atoms with van der Waals surface area (Å²) in [5.74, 6) is 0.681. The molecule has 7 heteroatoms. The highest BCUT2D eigenvalue weighted by Gasteiger charge is 2.38. The SMILES string of the molecule is Cc1noc(C)c1[C@H]1CCCN1S(=O)(=O)c1ccc(Cl)cc1. The van der Waals surface area contributed by atoms with Gasteiger partial charge in [0.1, 0.15) is 5.76 Å². The standard InChI is InChI=1S/C15H17ClN2O3S/c1-10-15(11(2)21-17-10)14-4-3-9-18(14)22(19,20)13-7-5-12(16)6-8-13/h5-8,14H,3-4,9H2,1-2H3/t14-/m1/s1. The lowest BCUT2D eigenvalue weighted by Crippen LogP contribution is -2.31. The van der Waals surface area contributed by atoms with Crippen molar-refractivity contribution in [1.29, 1.82) is 0 Å². The van der Waals surface area contributed by atoms with Gasteiger partial charge in [0.25, 0.3) is 0 Å². The molecule has 1 aromatic carbocycles. The molecular weight excluding hydrogens is 324 g/mol. The molecule has 1 atom stereocenters. The molecule has 1 fully saturated rings. The van der Waals surface area contributed by atoms with E-state index in [1.165, 1.54) is 0 Å². The van der Waals surface area contributed by atoms with E-state index in [9.17, 15) is 8.42 Å². The Balaban J connectivity index is 2.01. The molecule has 1 aliphatic rings. The van der Waals surface area contributed by atoms with E-state index in [-0.39, 0.29) is 10.9 Å². The van der Waals surface area contributed by atoms with Crippen LogP contribution in [-0.2, 0) is 10.0 Å². The molecule has 1 aliphatic heterocycles. The summed E-state index contributed by atoms with van der Waals surface area (Å²) in [4.78, 5) is 0.260. The molecule has 0 amide bonds. The van der Waals surface area contributed by atoms with Crippen LogP contribution >= 0.6 is 11.6 Å². The Labute approximate surface area is 134 Å². The van der Waals surface area contributed by atoms with Gasteiger partial charge in [0, 0.05) is 17.1 Å². The Morgan fingerprint density at radius 1 is 1.27 bits per heavy atom. The fourth-order valence-corrected chi connectivity index (χ4v) is 4.82. The monoisotopic (exact) mass is 340 g/mol. The third-order valence-electron chi connectivity index (χ3n) is 4.05. The zero-order chi connectivity index (χ0) is 15.9. The number of aryl methyl sites for hydroxylation is 2. The number of nitrogens with zero attached hydrogens (tertiary/aromatic N) is 2. The molecule has 0 N–H and O–H groups in total. The van der Waals surface area contributed by atoms with Crippen molar-refractivity contribution in [3.63, 3.8) is 0 Å². The maximum absolute atomic E-state index is 12.9. The summed E-state index contributed by atoms with van der Waals surface area (Å²) < 4.78 is 32.6. The Hall–Kier alpha value is -1.37. The summed E-state index contributed by atoms with van der Waals surface area (Å²) in [6, 6.07) is 6.05. The van der Waals surface area contributed by atoms with Crippen LogP contribution in [0.3, 0.4) is 0 Å². The summed E-state index contributed by atoms with van der Waals surface area (Å²) >= 11 is 5.84. The van der Waals surface area contributed by atoms with Crippen LogP contribution < -0.4 is 0 Å². The van der Waals surface area contributed by atoms with Crippen LogP contribution in [0.1, 0.15) is 35.9 Å². The molecule has 118 valence electrons. The van der Waals surface area contributed by atoms with E-state index in [0.717, 1.165) is 24.1 Å². The van der Waals surface area contributed by atoms with Gasteiger partial charge in [0.2, 0.25) is 10.0 Å². The fourth-order valence-electron chi connectivity index (χ4n) is 3.02. The van der Waals surface area contributed by atoms with Crippen LogP contribution in [0.15, 0.2) is 33.7 Å². The third kappa shape index (κ3) is 2.55. The number of hydrogen-bond acceptors (Lipinski definition) is 4. The van der Waals surface area contributed by atoms with Crippen LogP contribution in [0.2, 0.25) is 5.02 Å². The molecule has 0 saturated carbocycles. The van der Waals surface area contributed by atoms with Crippen molar-refractivity contribution in [3.05, 3.63) is 46.3 Å². The maximum Gasteiger partial charge on any atom is 0.243 e. The second-order valence-electron chi connectivity index (χ2n) is 5.47. The van der Waals surface area contributed by atoms with Crippen LogP contribution in [0.4, 0.5) is 0 Å². The molecule has 5 nitrogen and oxygen atoms in total. The number of hydrogen-bond donors (Lipinski definition) is 0. The van der Waals surface area contributed by atoms with Crippen molar-refractivity contribution in [2.24, 2.45) is 0 Å². The topological polar surface area (TPSA) is 63.4 Å². The van der Waals surface area contributed by atoms with Crippen molar-refractivity contribution >= 4 is 21.6 Å². The second-order valence-corrected chi connectivity index (χ2v) is 7.79. The molecule has 0 radical (unpaired) electrons. The average Bonchev–Trinajstić information content (AvgIpc) is 3.06. The first-order valence-corrected chi connectivity index (χ1v) is 8.93. The highest BCUT2D eigenvalue weighted by Crippen LogP contribution is 2.39. The highest BCUT2D eigenvalue weighted by molar-refractivity contribution is 7.89. The minimum Gasteiger partial charge on any atom is -0.361 e. The van der Waals surface area contributed by atoms with E-state index in [0.29, 0.717) is 17.3 Å². The van der Waals surface area contributed by atoms with Crippen molar-refractivity contribution in [3.8, 4) is 0 Å². The Bertz CT molecular complexity index is 764. The summed E-state index contributed by atoms with van der Waals surface area (Å²) in [5, 5.41) is 4.46. The predicted octanol–water partition coefficient (Wildman–Crippen LogP) is 3.47. The molecule has 1 aromatic heterocycles. The molecule has 22 heavy (non-hydrogen) atoms. The second kappa shape index (κ2) is 5.68. The maximum atomic E-state index is 12.9. The first-order chi connectivity index (χ1) is 10.4. The van der Waals surface area contributed by atoms with Gasteiger partial charge in [-0.1, -0.05) is 16.8 Å². The highest BCUT2D eigenvalue weighted by atomic mass is 35.5. The first kappa shape index (κ1) is 15.5. The number of benzene rings is 1. The average molecular weight is 341 g/mol. The molecule has 1 saturated heterocycles. The summed E-state index contributed by atoms with van der Waals surface area (Å²) in [5.41, 5.74) is 1.63. The molecule has 0 unspecified atom stereocenters. The van der Waals surface area contributed by atoms with Gasteiger partial charge in [-0.25, -0.2) is 8.42 Å². The normalized spacial score (nSPS) is 19.7. The van der Waals surface area contributed by atoms with Crippen molar-refractivity contribution < 1.29 is 12.9 Å². The smallest absolute Gasteiger partial charge is 0.243 e. The van der Waals surface area contributed by atoms with Gasteiger partial charge in [0.15, 0.2) is 0 Å². The van der Waals surface area contributed by atoms with Gasteiger partial charge in [-0.2, -0.15) is 4.31 Å². The minimum atomic E-state index is -3.56. The number of sulfonamides is 1. The molecule has 2 heterocycles. The quantitative estimate of drug-likeness (QED) is 0.858. The minimum absolute atomic E-state index is 0.216. The van der Waals surface area contributed by atoms with E-state index < -0.39 is 10.0 Å². The zero-order valence-electron chi connectivity index (χ0n) is 12.4. The van der Waals surface area contributed by atoms with Gasteiger partial charge >= 0.3 is 0 Å². The Morgan fingerprint density at radius 3 is 2.55 bits per heavy atom. The van der Waals surface area contributed by atoms with Gasteiger partial charge in [-0.05, 0) is 51.0 Å². The molecule has 2 aromatic rings. The molecular formula is C15H17ClN2O3S. The number of rotatable bonds is 3. The Morgan fingerprint density at radius 2 is 1.95 bits per heavy atom. The largest absolute Gasteiger partial charge is 0.361 e. The van der Waals surface area contributed by atoms with Gasteiger partial charge in [-0.15, -0.1) is 0 Å². The first-order valence-electron chi connectivity index (χ1n) is 7.11. The lowest BCUT2D eigenvalue weighted by Gasteiger charge is -2.24. The molecule has 0 bridgehead atoms. The third-order valence-corrected chi connectivity index (χ3v) is 6.22. The molecule has 3 rings (SSSR count). The fraction of sp³-hybridized carbons (Fsp3) is 0.400. The van der Waals surface area contributed by atoms with Crippen LogP contribution in [0, 0.1) is 13.8 Å². The van der Waals surface area contributed by atoms with Crippen LogP contribution in [0.25, 0.3) is 0 Å². The Kier molecular flexibility index (Phi) is 4.01. The summed E-state index contributed by atoms with van der Waals surface area (Å²) in [7, 11) is -3.56. The van der Waals surface area contributed by atoms with Gasteiger partial charge in [0.05, 0.1) is 16.6 Å². The lowest BCUT2D eigenvalue weighted by atomic mass is 10.0. The van der Waals surface area contributed by atoms with E-state index in [1.54, 1.807) is 28.6 Å². The van der Waals surface area contributed by atoms with Crippen molar-refractivity contribution in [2.45, 2.75) is 37.6 Å². The van der Waals surface area contributed by atoms with Crippen LogP contribution in [0.5, 0.6) is 0 Å².